The maximum atomic E-state index is 5.45. The Labute approximate surface area is 125 Å². The average Bonchev–Trinajstić information content (AvgIpc) is 2.96. The first kappa shape index (κ1) is 14.3. The third-order valence-corrected chi connectivity index (χ3v) is 4.03. The molecular formula is C15H23N5O. The lowest BCUT2D eigenvalue weighted by Crippen LogP contribution is -2.49. The van der Waals surface area contributed by atoms with Crippen LogP contribution in [0, 0.1) is 5.92 Å². The first-order valence-corrected chi connectivity index (χ1v) is 7.60. The highest BCUT2D eigenvalue weighted by Crippen LogP contribution is 2.14. The molecule has 21 heavy (non-hydrogen) atoms. The fraction of sp³-hybridized carbons (Fsp3) is 0.600. The number of hydrogen-bond donors (Lipinski definition) is 1. The Hall–Kier alpha value is -1.66. The van der Waals surface area contributed by atoms with Crippen molar-refractivity contribution in [2.45, 2.75) is 19.9 Å². The van der Waals surface area contributed by atoms with Gasteiger partial charge in [-0.25, -0.2) is 9.50 Å². The summed E-state index contributed by atoms with van der Waals surface area (Å²) in [5, 5.41) is 7.97. The lowest BCUT2D eigenvalue weighted by Gasteiger charge is -2.37. The normalized spacial score (nSPS) is 18.2. The van der Waals surface area contributed by atoms with E-state index in [1.54, 1.807) is 10.7 Å². The van der Waals surface area contributed by atoms with E-state index in [1.165, 1.54) is 0 Å². The predicted molar refractivity (Wildman–Crippen MR) is 82.5 cm³/mol. The largest absolute Gasteiger partial charge is 0.379 e. The van der Waals surface area contributed by atoms with Crippen molar-refractivity contribution >= 4 is 11.5 Å². The first-order valence-electron chi connectivity index (χ1n) is 7.60. The van der Waals surface area contributed by atoms with Gasteiger partial charge < -0.3 is 10.1 Å². The fourth-order valence-electron chi connectivity index (χ4n) is 2.81. The van der Waals surface area contributed by atoms with E-state index in [4.69, 9.17) is 4.74 Å². The lowest BCUT2D eigenvalue weighted by molar-refractivity contribution is 0.00953. The van der Waals surface area contributed by atoms with E-state index < -0.39 is 0 Å². The van der Waals surface area contributed by atoms with Crippen LogP contribution in [0.2, 0.25) is 0 Å². The van der Waals surface area contributed by atoms with Crippen LogP contribution in [-0.2, 0) is 4.74 Å². The van der Waals surface area contributed by atoms with Gasteiger partial charge in [-0.3, -0.25) is 4.90 Å². The highest BCUT2D eigenvalue weighted by molar-refractivity contribution is 5.43. The Bertz CT molecular complexity index is 576. The first-order chi connectivity index (χ1) is 10.2. The Morgan fingerprint density at radius 2 is 2.10 bits per heavy atom. The maximum Gasteiger partial charge on any atom is 0.153 e. The summed E-state index contributed by atoms with van der Waals surface area (Å²) in [7, 11) is 0. The van der Waals surface area contributed by atoms with Crippen LogP contribution in [0.3, 0.4) is 0 Å². The molecule has 3 rings (SSSR count). The number of nitrogens with zero attached hydrogens (tertiary/aromatic N) is 4. The average molecular weight is 289 g/mol. The maximum absolute atomic E-state index is 5.45. The minimum Gasteiger partial charge on any atom is -0.379 e. The molecule has 1 aliphatic rings. The van der Waals surface area contributed by atoms with Crippen LogP contribution in [-0.4, -0.2) is 58.4 Å². The standard InChI is InChI=1S/C15H23N5O/c1-12(2)13(19-7-9-21-10-8-19)11-17-14-3-4-15-16-5-6-20(15)18-14/h3-6,12-13H,7-11H2,1-2H3,(H,17,18). The van der Waals surface area contributed by atoms with Crippen LogP contribution in [0.1, 0.15) is 13.8 Å². The summed E-state index contributed by atoms with van der Waals surface area (Å²) in [4.78, 5) is 6.72. The van der Waals surface area contributed by atoms with E-state index in [0.717, 1.165) is 44.3 Å². The Kier molecular flexibility index (Phi) is 4.36. The third-order valence-electron chi connectivity index (χ3n) is 4.03. The zero-order valence-electron chi connectivity index (χ0n) is 12.7. The van der Waals surface area contributed by atoms with Crippen molar-refractivity contribution in [1.82, 2.24) is 19.5 Å². The molecule has 0 aromatic carbocycles. The van der Waals surface area contributed by atoms with Crippen LogP contribution in [0.5, 0.6) is 0 Å². The molecule has 0 saturated carbocycles. The van der Waals surface area contributed by atoms with E-state index in [9.17, 15) is 0 Å². The summed E-state index contributed by atoms with van der Waals surface area (Å²) in [6, 6.07) is 4.46. The Morgan fingerprint density at radius 3 is 2.86 bits per heavy atom. The molecule has 2 aromatic rings. The number of nitrogens with one attached hydrogen (secondary N) is 1. The zero-order chi connectivity index (χ0) is 14.7. The molecule has 1 atom stereocenters. The summed E-state index contributed by atoms with van der Waals surface area (Å²) in [5.74, 6) is 1.48. The quantitative estimate of drug-likeness (QED) is 0.904. The highest BCUT2D eigenvalue weighted by atomic mass is 16.5. The number of aromatic nitrogens is 3. The van der Waals surface area contributed by atoms with Gasteiger partial charge in [0.1, 0.15) is 5.82 Å². The fourth-order valence-corrected chi connectivity index (χ4v) is 2.81. The molecule has 0 spiro atoms. The van der Waals surface area contributed by atoms with Crippen molar-refractivity contribution in [2.75, 3.05) is 38.2 Å². The highest BCUT2D eigenvalue weighted by Gasteiger charge is 2.23. The monoisotopic (exact) mass is 289 g/mol. The second kappa shape index (κ2) is 6.41. The van der Waals surface area contributed by atoms with Crippen LogP contribution in [0.15, 0.2) is 24.5 Å². The number of anilines is 1. The molecule has 1 saturated heterocycles. The third kappa shape index (κ3) is 3.33. The molecule has 0 radical (unpaired) electrons. The van der Waals surface area contributed by atoms with Gasteiger partial charge in [0.15, 0.2) is 5.65 Å². The van der Waals surface area contributed by atoms with Gasteiger partial charge in [-0.05, 0) is 18.1 Å². The van der Waals surface area contributed by atoms with E-state index in [1.807, 2.05) is 18.3 Å². The lowest BCUT2D eigenvalue weighted by atomic mass is 10.0. The van der Waals surface area contributed by atoms with Gasteiger partial charge in [0.2, 0.25) is 0 Å². The van der Waals surface area contributed by atoms with E-state index >= 15 is 0 Å². The Morgan fingerprint density at radius 1 is 1.29 bits per heavy atom. The molecule has 2 aromatic heterocycles. The van der Waals surface area contributed by atoms with E-state index in [0.29, 0.717) is 12.0 Å². The molecule has 6 nitrogen and oxygen atoms in total. The molecule has 1 fully saturated rings. The second-order valence-corrected chi connectivity index (χ2v) is 5.79. The molecule has 1 unspecified atom stereocenters. The van der Waals surface area contributed by atoms with Crippen molar-refractivity contribution in [2.24, 2.45) is 5.92 Å². The van der Waals surface area contributed by atoms with E-state index in [-0.39, 0.29) is 0 Å². The summed E-state index contributed by atoms with van der Waals surface area (Å²) < 4.78 is 7.24. The van der Waals surface area contributed by atoms with Crippen molar-refractivity contribution in [3.63, 3.8) is 0 Å². The summed E-state index contributed by atoms with van der Waals surface area (Å²) in [6.07, 6.45) is 3.62. The SMILES string of the molecule is CC(C)C(CNc1ccc2nccn2n1)N1CCOCC1. The number of imidazole rings is 1. The molecule has 1 aliphatic heterocycles. The van der Waals surface area contributed by atoms with Crippen molar-refractivity contribution < 1.29 is 4.74 Å². The van der Waals surface area contributed by atoms with Crippen LogP contribution in [0.4, 0.5) is 5.82 Å². The molecule has 1 N–H and O–H groups in total. The number of ether oxygens (including phenoxy) is 1. The second-order valence-electron chi connectivity index (χ2n) is 5.79. The smallest absolute Gasteiger partial charge is 0.153 e. The molecule has 6 heteroatoms. The molecule has 0 bridgehead atoms. The van der Waals surface area contributed by atoms with E-state index in [2.05, 4.69) is 34.1 Å². The Balaban J connectivity index is 1.65. The minimum atomic E-state index is 0.495. The van der Waals surface area contributed by atoms with Gasteiger partial charge in [0.25, 0.3) is 0 Å². The predicted octanol–water partition coefficient (Wildman–Crippen LogP) is 1.50. The number of morpholine rings is 1. The topological polar surface area (TPSA) is 54.7 Å². The molecule has 0 aliphatic carbocycles. The van der Waals surface area contributed by atoms with Gasteiger partial charge in [0.05, 0.1) is 13.2 Å². The molecular weight excluding hydrogens is 266 g/mol. The van der Waals surface area contributed by atoms with Crippen LogP contribution < -0.4 is 5.32 Å². The summed E-state index contributed by atoms with van der Waals surface area (Å²) in [6.45, 7) is 9.13. The number of fused-ring (bicyclic) bond motifs is 1. The van der Waals surface area contributed by atoms with Gasteiger partial charge in [-0.15, -0.1) is 5.10 Å². The van der Waals surface area contributed by atoms with Crippen molar-refractivity contribution in [3.05, 3.63) is 24.5 Å². The van der Waals surface area contributed by atoms with Crippen molar-refractivity contribution in [1.29, 1.82) is 0 Å². The van der Waals surface area contributed by atoms with Gasteiger partial charge in [-0.2, -0.15) is 0 Å². The van der Waals surface area contributed by atoms with Crippen molar-refractivity contribution in [3.8, 4) is 0 Å². The minimum absolute atomic E-state index is 0.495. The van der Waals surface area contributed by atoms with Gasteiger partial charge >= 0.3 is 0 Å². The molecule has 0 amide bonds. The molecule has 114 valence electrons. The number of rotatable bonds is 5. The molecule has 3 heterocycles. The number of hydrogen-bond acceptors (Lipinski definition) is 5. The summed E-state index contributed by atoms with van der Waals surface area (Å²) >= 11 is 0. The summed E-state index contributed by atoms with van der Waals surface area (Å²) in [5.41, 5.74) is 0.870. The van der Waals surface area contributed by atoms with Crippen LogP contribution >= 0.6 is 0 Å². The van der Waals surface area contributed by atoms with Gasteiger partial charge in [0, 0.05) is 38.1 Å². The van der Waals surface area contributed by atoms with Crippen LogP contribution in [0.25, 0.3) is 5.65 Å². The van der Waals surface area contributed by atoms with Gasteiger partial charge in [-0.1, -0.05) is 13.8 Å². The zero-order valence-corrected chi connectivity index (χ0v) is 12.7.